The van der Waals surface area contributed by atoms with Gasteiger partial charge in [0.05, 0.1) is 24.3 Å². The summed E-state index contributed by atoms with van der Waals surface area (Å²) < 4.78 is 47.2. The summed E-state index contributed by atoms with van der Waals surface area (Å²) in [4.78, 5) is 26.4. The van der Waals surface area contributed by atoms with E-state index in [1.165, 1.54) is 4.52 Å². The number of rotatable bonds is 2. The molecule has 29 heavy (non-hydrogen) atoms. The molecule has 1 aliphatic heterocycles. The topological polar surface area (TPSA) is 116 Å². The number of carbonyl (C=O) groups excluding carboxylic acids is 2. The molecule has 2 N–H and O–H groups in total. The van der Waals surface area contributed by atoms with Crippen molar-refractivity contribution in [1.82, 2.24) is 19.6 Å². The monoisotopic (exact) mass is 408 g/mol. The molecule has 9 nitrogen and oxygen atoms in total. The molecular weight excluding hydrogens is 393 g/mol. The van der Waals surface area contributed by atoms with Crippen LogP contribution < -0.4 is 10.6 Å². The van der Waals surface area contributed by atoms with Gasteiger partial charge in [0.2, 0.25) is 0 Å². The highest BCUT2D eigenvalue weighted by molar-refractivity contribution is 5.72. The molecule has 0 amide bonds. The third kappa shape index (κ3) is 4.33. The average Bonchev–Trinajstić information content (AvgIpc) is 3.16. The molecule has 0 saturated carbocycles. The lowest BCUT2D eigenvalue weighted by Crippen LogP contribution is -2.37. The Morgan fingerprint density at radius 2 is 1.90 bits per heavy atom. The lowest BCUT2D eigenvalue weighted by molar-refractivity contribution is -0.191. The minimum absolute atomic E-state index is 0.0602. The van der Waals surface area contributed by atoms with Crippen molar-refractivity contribution in [3.05, 3.63) is 36.2 Å². The van der Waals surface area contributed by atoms with Gasteiger partial charge in [0.25, 0.3) is 0 Å². The standard InChI is InChI=1S/C16H15F3N6O.CO2/c17-16(18,19)11-8-13(20)21-9-10(11)14-22-15(24-4-6-26-7-5-24)12-2-1-3-25(12)23-14;2-1-3/h1-3,8-9H,4-7H2,(H2,20,21);. The van der Waals surface area contributed by atoms with Gasteiger partial charge in [-0.25, -0.2) is 14.5 Å². The first-order valence-electron chi connectivity index (χ1n) is 8.35. The summed E-state index contributed by atoms with van der Waals surface area (Å²) in [6, 6.07) is 4.39. The fraction of sp³-hybridized carbons (Fsp3) is 0.294. The van der Waals surface area contributed by atoms with Crippen molar-refractivity contribution in [2.24, 2.45) is 0 Å². The van der Waals surface area contributed by atoms with Crippen LogP contribution >= 0.6 is 0 Å². The number of morpholine rings is 1. The Kier molecular flexibility index (Phi) is 5.76. The van der Waals surface area contributed by atoms with Gasteiger partial charge in [-0.2, -0.15) is 22.8 Å². The van der Waals surface area contributed by atoms with Gasteiger partial charge in [0, 0.05) is 25.5 Å². The fourth-order valence-electron chi connectivity index (χ4n) is 2.92. The smallest absolute Gasteiger partial charge is 0.384 e. The van der Waals surface area contributed by atoms with Crippen molar-refractivity contribution in [2.75, 3.05) is 36.9 Å². The number of nitrogens with two attached hydrogens (primary N) is 1. The minimum Gasteiger partial charge on any atom is -0.384 e. The molecule has 0 bridgehead atoms. The summed E-state index contributed by atoms with van der Waals surface area (Å²) in [5.41, 5.74) is 5.04. The maximum Gasteiger partial charge on any atom is 0.417 e. The zero-order chi connectivity index (χ0) is 21.0. The van der Waals surface area contributed by atoms with Crippen LogP contribution in [0, 0.1) is 0 Å². The van der Waals surface area contributed by atoms with Crippen molar-refractivity contribution in [1.29, 1.82) is 0 Å². The maximum atomic E-state index is 13.5. The Morgan fingerprint density at radius 1 is 1.21 bits per heavy atom. The van der Waals surface area contributed by atoms with Gasteiger partial charge in [-0.15, -0.1) is 5.10 Å². The van der Waals surface area contributed by atoms with Gasteiger partial charge in [-0.1, -0.05) is 0 Å². The zero-order valence-corrected chi connectivity index (χ0v) is 14.9. The van der Waals surface area contributed by atoms with Crippen LogP contribution in [0.3, 0.4) is 0 Å². The highest BCUT2D eigenvalue weighted by atomic mass is 19.4. The SMILES string of the molecule is Nc1cc(C(F)(F)F)c(-c2nc(N3CCOCC3)c3cccn3n2)cn1.O=C=O. The van der Waals surface area contributed by atoms with E-state index >= 15 is 0 Å². The summed E-state index contributed by atoms with van der Waals surface area (Å²) in [5.74, 6) is 0.291. The van der Waals surface area contributed by atoms with Gasteiger partial charge < -0.3 is 15.4 Å². The average molecular weight is 408 g/mol. The molecule has 152 valence electrons. The Bertz CT molecular complexity index is 1040. The highest BCUT2D eigenvalue weighted by Crippen LogP contribution is 2.37. The van der Waals surface area contributed by atoms with Gasteiger partial charge in [0.1, 0.15) is 11.3 Å². The fourth-order valence-corrected chi connectivity index (χ4v) is 2.92. The van der Waals surface area contributed by atoms with Gasteiger partial charge in [-0.05, 0) is 18.2 Å². The van der Waals surface area contributed by atoms with E-state index in [-0.39, 0.29) is 23.4 Å². The molecule has 0 radical (unpaired) electrons. The van der Waals surface area contributed by atoms with Gasteiger partial charge in [0.15, 0.2) is 11.6 Å². The number of ether oxygens (including phenoxy) is 1. The van der Waals surface area contributed by atoms with Gasteiger partial charge >= 0.3 is 12.3 Å². The summed E-state index contributed by atoms with van der Waals surface area (Å²) >= 11 is 0. The molecule has 0 aromatic carbocycles. The Balaban J connectivity index is 0.000000755. The molecule has 1 saturated heterocycles. The van der Waals surface area contributed by atoms with Crippen LogP contribution in [0.4, 0.5) is 24.8 Å². The number of halogens is 3. The van der Waals surface area contributed by atoms with E-state index in [0.29, 0.717) is 37.6 Å². The molecular formula is C17H15F3N6O3. The summed E-state index contributed by atoms with van der Waals surface area (Å²) in [5, 5.41) is 4.23. The summed E-state index contributed by atoms with van der Waals surface area (Å²) in [6.07, 6.45) is -1.62. The van der Waals surface area contributed by atoms with E-state index in [9.17, 15) is 13.2 Å². The van der Waals surface area contributed by atoms with Crippen LogP contribution in [-0.2, 0) is 20.5 Å². The van der Waals surface area contributed by atoms with Crippen molar-refractivity contribution in [2.45, 2.75) is 6.18 Å². The molecule has 0 aliphatic carbocycles. The Hall–Kier alpha value is -3.50. The molecule has 12 heteroatoms. The molecule has 0 atom stereocenters. The Morgan fingerprint density at radius 3 is 2.55 bits per heavy atom. The number of anilines is 2. The van der Waals surface area contributed by atoms with Crippen LogP contribution in [0.25, 0.3) is 16.9 Å². The first-order valence-corrected chi connectivity index (χ1v) is 8.35. The number of hydrogen-bond acceptors (Lipinski definition) is 8. The maximum absolute atomic E-state index is 13.5. The van der Waals surface area contributed by atoms with Crippen LogP contribution in [0.15, 0.2) is 30.6 Å². The predicted octanol–water partition coefficient (Wildman–Crippen LogP) is 1.65. The summed E-state index contributed by atoms with van der Waals surface area (Å²) in [7, 11) is 0. The number of nitrogens with zero attached hydrogens (tertiary/aromatic N) is 5. The van der Waals surface area contributed by atoms with E-state index in [1.54, 1.807) is 12.3 Å². The van der Waals surface area contributed by atoms with Crippen molar-refractivity contribution in [3.63, 3.8) is 0 Å². The van der Waals surface area contributed by atoms with Crippen LogP contribution in [-0.4, -0.2) is 52.0 Å². The normalized spacial score (nSPS) is 14.2. The Labute approximate surface area is 161 Å². The lowest BCUT2D eigenvalue weighted by Gasteiger charge is -2.28. The van der Waals surface area contributed by atoms with Crippen molar-refractivity contribution >= 4 is 23.3 Å². The quantitative estimate of drug-likeness (QED) is 0.681. The number of alkyl halides is 3. The van der Waals surface area contributed by atoms with Crippen LogP contribution in [0.2, 0.25) is 0 Å². The van der Waals surface area contributed by atoms with E-state index < -0.39 is 11.7 Å². The molecule has 3 aromatic heterocycles. The second kappa shape index (κ2) is 8.25. The number of fused-ring (bicyclic) bond motifs is 1. The molecule has 4 rings (SSSR count). The van der Waals surface area contributed by atoms with Gasteiger partial charge in [-0.3, -0.25) is 0 Å². The largest absolute Gasteiger partial charge is 0.417 e. The van der Waals surface area contributed by atoms with E-state index in [0.717, 1.165) is 12.3 Å². The first kappa shape index (κ1) is 20.2. The van der Waals surface area contributed by atoms with Crippen LogP contribution in [0.1, 0.15) is 5.56 Å². The van der Waals surface area contributed by atoms with E-state index in [1.807, 2.05) is 11.0 Å². The second-order valence-electron chi connectivity index (χ2n) is 5.93. The van der Waals surface area contributed by atoms with Crippen molar-refractivity contribution in [3.8, 4) is 11.4 Å². The number of hydrogen-bond donors (Lipinski definition) is 1. The predicted molar refractivity (Wildman–Crippen MR) is 93.7 cm³/mol. The van der Waals surface area contributed by atoms with Crippen LogP contribution in [0.5, 0.6) is 0 Å². The first-order chi connectivity index (χ1) is 13.8. The third-order valence-electron chi connectivity index (χ3n) is 4.15. The molecule has 1 aliphatic rings. The van der Waals surface area contributed by atoms with E-state index in [2.05, 4.69) is 15.1 Å². The highest BCUT2D eigenvalue weighted by Gasteiger charge is 2.35. The second-order valence-corrected chi connectivity index (χ2v) is 5.93. The number of pyridine rings is 1. The molecule has 0 spiro atoms. The zero-order valence-electron chi connectivity index (χ0n) is 14.9. The van der Waals surface area contributed by atoms with Crippen molar-refractivity contribution < 1.29 is 27.5 Å². The lowest BCUT2D eigenvalue weighted by atomic mass is 10.1. The number of nitrogen functional groups attached to an aromatic ring is 1. The molecule has 0 unspecified atom stereocenters. The molecule has 3 aromatic rings. The minimum atomic E-state index is -4.60. The van der Waals surface area contributed by atoms with E-state index in [4.69, 9.17) is 20.1 Å². The molecule has 1 fully saturated rings. The molecule has 4 heterocycles. The summed E-state index contributed by atoms with van der Waals surface area (Å²) in [6.45, 7) is 2.26. The third-order valence-corrected chi connectivity index (χ3v) is 4.15. The number of aromatic nitrogens is 4.